The van der Waals surface area contributed by atoms with Crippen molar-refractivity contribution >= 4 is 15.7 Å². The maximum absolute atomic E-state index is 14.1. The van der Waals surface area contributed by atoms with E-state index in [1.54, 1.807) is 19.1 Å². The average molecular weight is 443 g/mol. The summed E-state index contributed by atoms with van der Waals surface area (Å²) >= 11 is 0. The Morgan fingerprint density at radius 2 is 1.47 bits per heavy atom. The van der Waals surface area contributed by atoms with Gasteiger partial charge in [-0.25, -0.2) is 17.2 Å². The van der Waals surface area contributed by atoms with Crippen molar-refractivity contribution in [3.8, 4) is 11.5 Å². The van der Waals surface area contributed by atoms with Gasteiger partial charge in [-0.1, -0.05) is 29.8 Å². The van der Waals surface area contributed by atoms with E-state index >= 15 is 0 Å². The number of alkyl halides is 3. The molecular weight excluding hydrogens is 429 g/mol. The molecule has 0 saturated heterocycles. The molecular formula is C20H14F5NO3S. The van der Waals surface area contributed by atoms with Crippen LogP contribution in [0.4, 0.5) is 27.6 Å². The fraction of sp³-hybridized carbons (Fsp3) is 0.100. The Morgan fingerprint density at radius 1 is 0.900 bits per heavy atom. The zero-order chi connectivity index (χ0) is 22.1. The number of ether oxygens (including phenoxy) is 1. The molecule has 3 rings (SSSR count). The normalized spacial score (nSPS) is 11.9. The van der Waals surface area contributed by atoms with Crippen LogP contribution in [-0.2, 0) is 16.2 Å². The van der Waals surface area contributed by atoms with Crippen molar-refractivity contribution < 1.29 is 35.1 Å². The van der Waals surface area contributed by atoms with Crippen LogP contribution in [0.3, 0.4) is 0 Å². The maximum atomic E-state index is 14.1. The molecule has 0 heterocycles. The molecule has 0 radical (unpaired) electrons. The predicted octanol–water partition coefficient (Wildman–Crippen LogP) is 5.89. The molecule has 0 aromatic heterocycles. The summed E-state index contributed by atoms with van der Waals surface area (Å²) in [5.74, 6) is -4.56. The van der Waals surface area contributed by atoms with E-state index in [0.717, 1.165) is 5.56 Å². The number of rotatable bonds is 5. The molecule has 1 N–H and O–H groups in total. The monoisotopic (exact) mass is 443 g/mol. The Morgan fingerprint density at radius 3 is 2.03 bits per heavy atom. The quantitative estimate of drug-likeness (QED) is 0.501. The molecule has 0 amide bonds. The number of sulfonamides is 1. The molecule has 3 aromatic rings. The van der Waals surface area contributed by atoms with Gasteiger partial charge in [-0.05, 0) is 43.3 Å². The van der Waals surface area contributed by atoms with Crippen LogP contribution in [0.25, 0.3) is 0 Å². The smallest absolute Gasteiger partial charge is 0.416 e. The van der Waals surface area contributed by atoms with Gasteiger partial charge in [0, 0.05) is 0 Å². The summed E-state index contributed by atoms with van der Waals surface area (Å²) < 4.78 is 98.7. The third-order valence-corrected chi connectivity index (χ3v) is 5.38. The van der Waals surface area contributed by atoms with Crippen LogP contribution < -0.4 is 9.46 Å². The third kappa shape index (κ3) is 4.70. The fourth-order valence-corrected chi connectivity index (χ4v) is 3.56. The van der Waals surface area contributed by atoms with Crippen LogP contribution in [0, 0.1) is 18.6 Å². The summed E-state index contributed by atoms with van der Waals surface area (Å²) in [6, 6.07) is 11.4. The summed E-state index contributed by atoms with van der Waals surface area (Å²) in [7, 11) is -4.06. The van der Waals surface area contributed by atoms with Crippen molar-refractivity contribution in [2.24, 2.45) is 0 Å². The Hall–Kier alpha value is -3.14. The summed E-state index contributed by atoms with van der Waals surface area (Å²) in [4.78, 5) is -0.0604. The van der Waals surface area contributed by atoms with Crippen LogP contribution in [0.1, 0.15) is 11.1 Å². The van der Waals surface area contributed by atoms with Crippen LogP contribution in [0.2, 0.25) is 0 Å². The molecule has 0 aliphatic carbocycles. The molecule has 0 atom stereocenters. The summed E-state index contributed by atoms with van der Waals surface area (Å²) in [6.45, 7) is 1.78. The van der Waals surface area contributed by atoms with Gasteiger partial charge in [0.25, 0.3) is 10.0 Å². The summed E-state index contributed by atoms with van der Waals surface area (Å²) in [5.41, 5.74) is -0.832. The highest BCUT2D eigenvalue weighted by atomic mass is 32.2. The molecule has 0 unspecified atom stereocenters. The topological polar surface area (TPSA) is 55.4 Å². The lowest BCUT2D eigenvalue weighted by Gasteiger charge is -2.15. The highest BCUT2D eigenvalue weighted by molar-refractivity contribution is 7.92. The van der Waals surface area contributed by atoms with Gasteiger partial charge in [-0.3, -0.25) is 4.72 Å². The van der Waals surface area contributed by atoms with Gasteiger partial charge in [0.1, 0.15) is 0 Å². The van der Waals surface area contributed by atoms with E-state index in [9.17, 15) is 30.4 Å². The number of halogens is 5. The van der Waals surface area contributed by atoms with Crippen molar-refractivity contribution in [3.05, 3.63) is 83.4 Å². The van der Waals surface area contributed by atoms with Crippen LogP contribution >= 0.6 is 0 Å². The minimum absolute atomic E-state index is 0.0604. The van der Waals surface area contributed by atoms with E-state index in [-0.39, 0.29) is 28.5 Å². The zero-order valence-corrected chi connectivity index (χ0v) is 16.1. The van der Waals surface area contributed by atoms with Crippen LogP contribution in [0.15, 0.2) is 65.6 Å². The van der Waals surface area contributed by atoms with Crippen molar-refractivity contribution in [3.63, 3.8) is 0 Å². The number of anilines is 1. The molecule has 0 fully saturated rings. The minimum atomic E-state index is -4.94. The number of hydrogen-bond donors (Lipinski definition) is 1. The molecule has 4 nitrogen and oxygen atoms in total. The molecule has 0 spiro atoms. The summed E-state index contributed by atoms with van der Waals surface area (Å²) in [6.07, 6.45) is -4.94. The van der Waals surface area contributed by atoms with Crippen molar-refractivity contribution in [1.29, 1.82) is 0 Å². The second-order valence-corrected chi connectivity index (χ2v) is 7.97. The minimum Gasteiger partial charge on any atom is -0.449 e. The molecule has 0 aliphatic heterocycles. The van der Waals surface area contributed by atoms with Crippen molar-refractivity contribution in [2.75, 3.05) is 4.72 Å². The number of nitrogens with one attached hydrogen (secondary N) is 1. The van der Waals surface area contributed by atoms with E-state index in [2.05, 4.69) is 4.72 Å². The second kappa shape index (κ2) is 7.94. The number of para-hydroxylation sites is 2. The lowest BCUT2D eigenvalue weighted by molar-refractivity contribution is -0.138. The first-order valence-corrected chi connectivity index (χ1v) is 9.88. The maximum Gasteiger partial charge on any atom is 0.416 e. The van der Waals surface area contributed by atoms with E-state index < -0.39 is 39.1 Å². The largest absolute Gasteiger partial charge is 0.449 e. The van der Waals surface area contributed by atoms with E-state index in [1.165, 1.54) is 36.4 Å². The predicted molar refractivity (Wildman–Crippen MR) is 99.9 cm³/mol. The summed E-state index contributed by atoms with van der Waals surface area (Å²) in [5, 5.41) is 0. The highest BCUT2D eigenvalue weighted by Gasteiger charge is 2.33. The molecule has 10 heteroatoms. The highest BCUT2D eigenvalue weighted by Crippen LogP contribution is 2.37. The van der Waals surface area contributed by atoms with E-state index in [4.69, 9.17) is 4.74 Å². The molecule has 30 heavy (non-hydrogen) atoms. The van der Waals surface area contributed by atoms with E-state index in [1.807, 2.05) is 0 Å². The first-order chi connectivity index (χ1) is 14.0. The standard InChI is InChI=1S/C20H14F5NO3S/c1-12-6-8-14(9-7-12)30(27,28)26-17-4-2-3-5-18(17)29-19-15(21)10-13(11-16(19)22)20(23,24)25/h2-11,26H,1H3. The van der Waals surface area contributed by atoms with Gasteiger partial charge in [-0.15, -0.1) is 0 Å². The first-order valence-electron chi connectivity index (χ1n) is 8.40. The fourth-order valence-electron chi connectivity index (χ4n) is 2.49. The van der Waals surface area contributed by atoms with Gasteiger partial charge in [0.05, 0.1) is 16.1 Å². The van der Waals surface area contributed by atoms with Gasteiger partial charge in [-0.2, -0.15) is 13.2 Å². The molecule has 0 aliphatic rings. The Balaban J connectivity index is 1.94. The van der Waals surface area contributed by atoms with Crippen LogP contribution in [-0.4, -0.2) is 8.42 Å². The number of benzene rings is 3. The van der Waals surface area contributed by atoms with E-state index in [0.29, 0.717) is 0 Å². The van der Waals surface area contributed by atoms with Gasteiger partial charge in [0.2, 0.25) is 0 Å². The Labute approximate surface area is 169 Å². The molecule has 0 bridgehead atoms. The lowest BCUT2D eigenvalue weighted by Crippen LogP contribution is -2.13. The molecule has 158 valence electrons. The zero-order valence-electron chi connectivity index (χ0n) is 15.3. The third-order valence-electron chi connectivity index (χ3n) is 4.00. The SMILES string of the molecule is Cc1ccc(S(=O)(=O)Nc2ccccc2Oc2c(F)cc(C(F)(F)F)cc2F)cc1. The second-order valence-electron chi connectivity index (χ2n) is 6.28. The van der Waals surface area contributed by atoms with Crippen molar-refractivity contribution in [2.45, 2.75) is 18.0 Å². The number of aryl methyl sites for hydroxylation is 1. The Kier molecular flexibility index (Phi) is 5.71. The van der Waals surface area contributed by atoms with Crippen LogP contribution in [0.5, 0.6) is 11.5 Å². The molecule has 3 aromatic carbocycles. The Bertz CT molecular complexity index is 1150. The first kappa shape index (κ1) is 21.6. The van der Waals surface area contributed by atoms with Gasteiger partial charge >= 0.3 is 6.18 Å². The van der Waals surface area contributed by atoms with Crippen molar-refractivity contribution in [1.82, 2.24) is 0 Å². The van der Waals surface area contributed by atoms with Gasteiger partial charge < -0.3 is 4.74 Å². The average Bonchev–Trinajstić information content (AvgIpc) is 2.65. The van der Waals surface area contributed by atoms with Gasteiger partial charge in [0.15, 0.2) is 23.1 Å². The molecule has 0 saturated carbocycles. The lowest BCUT2D eigenvalue weighted by atomic mass is 10.2. The number of hydrogen-bond acceptors (Lipinski definition) is 3.